The van der Waals surface area contributed by atoms with E-state index in [4.69, 9.17) is 0 Å². The highest BCUT2D eigenvalue weighted by Crippen LogP contribution is 2.16. The molecule has 0 amide bonds. The summed E-state index contributed by atoms with van der Waals surface area (Å²) in [5.74, 6) is 0.259. The third kappa shape index (κ3) is 5.02. The monoisotopic (exact) mass is 375 g/mol. The molecule has 118 valence electrons. The Labute approximate surface area is 135 Å². The van der Waals surface area contributed by atoms with Crippen molar-refractivity contribution in [3.05, 3.63) is 28.5 Å². The average Bonchev–Trinajstić information content (AvgIpc) is 2.46. The first-order chi connectivity index (χ1) is 10.0. The van der Waals surface area contributed by atoms with E-state index in [0.29, 0.717) is 25.6 Å². The summed E-state index contributed by atoms with van der Waals surface area (Å²) in [6, 6.07) is 2.41. The molecule has 2 heterocycles. The van der Waals surface area contributed by atoms with E-state index in [1.54, 1.807) is 10.5 Å². The molecule has 0 radical (unpaired) electrons. The summed E-state index contributed by atoms with van der Waals surface area (Å²) < 4.78 is 26.6. The van der Waals surface area contributed by atoms with Crippen LogP contribution in [0.3, 0.4) is 0 Å². The molecule has 7 heteroatoms. The van der Waals surface area contributed by atoms with Gasteiger partial charge in [-0.25, -0.2) is 12.7 Å². The summed E-state index contributed by atoms with van der Waals surface area (Å²) in [5.41, 5.74) is 1.13. The normalized spacial score (nSPS) is 18.0. The highest BCUT2D eigenvalue weighted by molar-refractivity contribution is 9.10. The predicted octanol–water partition coefficient (Wildman–Crippen LogP) is 2.14. The van der Waals surface area contributed by atoms with Crippen molar-refractivity contribution in [2.75, 3.05) is 18.8 Å². The highest BCUT2D eigenvalue weighted by atomic mass is 79.9. The molecule has 1 aromatic rings. The van der Waals surface area contributed by atoms with Crippen molar-refractivity contribution < 1.29 is 8.42 Å². The van der Waals surface area contributed by atoms with E-state index < -0.39 is 10.0 Å². The first-order valence-corrected chi connectivity index (χ1v) is 9.72. The van der Waals surface area contributed by atoms with Gasteiger partial charge in [-0.1, -0.05) is 6.92 Å². The summed E-state index contributed by atoms with van der Waals surface area (Å²) in [4.78, 5) is 4.14. The third-order valence-electron chi connectivity index (χ3n) is 3.67. The Morgan fingerprint density at radius 3 is 2.71 bits per heavy atom. The standard InChI is InChI=1S/C14H22BrN3O2S/c1-2-7-21(19,20)18-5-3-14(4-6-18)17-10-12-8-13(15)11-16-9-12/h8-9,11,14,17H,2-7,10H2,1H3. The molecule has 1 aliphatic heterocycles. The zero-order chi connectivity index (χ0) is 15.3. The maximum atomic E-state index is 12.0. The van der Waals surface area contributed by atoms with E-state index in [-0.39, 0.29) is 5.75 Å². The van der Waals surface area contributed by atoms with Crippen LogP contribution in [0.25, 0.3) is 0 Å². The molecule has 0 aliphatic carbocycles. The van der Waals surface area contributed by atoms with Crippen LogP contribution in [0.4, 0.5) is 0 Å². The molecule has 1 N–H and O–H groups in total. The number of aromatic nitrogens is 1. The number of hydrogen-bond donors (Lipinski definition) is 1. The first-order valence-electron chi connectivity index (χ1n) is 7.32. The van der Waals surface area contributed by atoms with Gasteiger partial charge in [0, 0.05) is 42.5 Å². The van der Waals surface area contributed by atoms with Crippen LogP contribution in [0.15, 0.2) is 22.9 Å². The summed E-state index contributed by atoms with van der Waals surface area (Å²) in [7, 11) is -3.04. The van der Waals surface area contributed by atoms with Gasteiger partial charge in [0.2, 0.25) is 10.0 Å². The fourth-order valence-electron chi connectivity index (χ4n) is 2.54. The van der Waals surface area contributed by atoms with Crippen molar-refractivity contribution in [3.63, 3.8) is 0 Å². The lowest BCUT2D eigenvalue weighted by molar-refractivity contribution is 0.288. The molecule has 2 rings (SSSR count). The van der Waals surface area contributed by atoms with Gasteiger partial charge < -0.3 is 5.32 Å². The minimum Gasteiger partial charge on any atom is -0.310 e. The van der Waals surface area contributed by atoms with E-state index in [9.17, 15) is 8.42 Å². The van der Waals surface area contributed by atoms with Crippen LogP contribution >= 0.6 is 15.9 Å². The lowest BCUT2D eigenvalue weighted by Gasteiger charge is -2.31. The van der Waals surface area contributed by atoms with E-state index in [2.05, 4.69) is 26.2 Å². The molecular formula is C14H22BrN3O2S. The quantitative estimate of drug-likeness (QED) is 0.827. The fourth-order valence-corrected chi connectivity index (χ4v) is 4.49. The molecule has 0 aromatic carbocycles. The minimum atomic E-state index is -3.04. The van der Waals surface area contributed by atoms with Crippen LogP contribution in [0.1, 0.15) is 31.7 Å². The Morgan fingerprint density at radius 2 is 2.10 bits per heavy atom. The summed E-state index contributed by atoms with van der Waals surface area (Å²) >= 11 is 3.41. The molecule has 1 aliphatic rings. The zero-order valence-corrected chi connectivity index (χ0v) is 14.7. The summed E-state index contributed by atoms with van der Waals surface area (Å²) in [6.07, 6.45) is 6.02. The van der Waals surface area contributed by atoms with E-state index in [0.717, 1.165) is 29.4 Å². The minimum absolute atomic E-state index is 0.259. The highest BCUT2D eigenvalue weighted by Gasteiger charge is 2.26. The Hall–Kier alpha value is -0.500. The lowest BCUT2D eigenvalue weighted by Crippen LogP contribution is -2.45. The van der Waals surface area contributed by atoms with Crippen LogP contribution in [0.2, 0.25) is 0 Å². The molecule has 0 unspecified atom stereocenters. The summed E-state index contributed by atoms with van der Waals surface area (Å²) in [5, 5.41) is 3.49. The topological polar surface area (TPSA) is 62.3 Å². The van der Waals surface area contributed by atoms with Crippen molar-refractivity contribution in [2.45, 2.75) is 38.8 Å². The van der Waals surface area contributed by atoms with Gasteiger partial charge in [0.15, 0.2) is 0 Å². The van der Waals surface area contributed by atoms with Crippen molar-refractivity contribution in [2.24, 2.45) is 0 Å². The van der Waals surface area contributed by atoms with Crippen molar-refractivity contribution in [1.29, 1.82) is 0 Å². The number of rotatable bonds is 6. The van der Waals surface area contributed by atoms with Crippen molar-refractivity contribution in [3.8, 4) is 0 Å². The van der Waals surface area contributed by atoms with Crippen molar-refractivity contribution >= 4 is 26.0 Å². The smallest absolute Gasteiger partial charge is 0.214 e. The SMILES string of the molecule is CCCS(=O)(=O)N1CCC(NCc2cncc(Br)c2)CC1. The number of nitrogens with zero attached hydrogens (tertiary/aromatic N) is 2. The molecule has 0 spiro atoms. The number of pyridine rings is 1. The third-order valence-corrected chi connectivity index (χ3v) is 6.18. The van der Waals surface area contributed by atoms with E-state index in [1.807, 2.05) is 19.2 Å². The molecule has 1 aromatic heterocycles. The second-order valence-electron chi connectivity index (χ2n) is 5.38. The number of sulfonamides is 1. The fraction of sp³-hybridized carbons (Fsp3) is 0.643. The first kappa shape index (κ1) is 16.9. The number of nitrogens with one attached hydrogen (secondary N) is 1. The molecule has 0 saturated carbocycles. The summed E-state index contributed by atoms with van der Waals surface area (Å²) in [6.45, 7) is 3.91. The maximum Gasteiger partial charge on any atom is 0.214 e. The Kier molecular flexibility index (Phi) is 6.16. The largest absolute Gasteiger partial charge is 0.310 e. The van der Waals surface area contributed by atoms with Gasteiger partial charge >= 0.3 is 0 Å². The molecule has 1 fully saturated rings. The predicted molar refractivity (Wildman–Crippen MR) is 87.4 cm³/mol. The van der Waals surface area contributed by atoms with Crippen LogP contribution < -0.4 is 5.32 Å². The zero-order valence-electron chi connectivity index (χ0n) is 12.3. The maximum absolute atomic E-state index is 12.0. The van der Waals surface area contributed by atoms with Gasteiger partial charge in [-0.3, -0.25) is 4.98 Å². The van der Waals surface area contributed by atoms with Crippen LogP contribution in [0, 0.1) is 0 Å². The molecular weight excluding hydrogens is 354 g/mol. The second-order valence-corrected chi connectivity index (χ2v) is 8.39. The molecule has 0 atom stereocenters. The Balaban J connectivity index is 1.79. The van der Waals surface area contributed by atoms with Gasteiger partial charge in [-0.05, 0) is 46.8 Å². The number of hydrogen-bond acceptors (Lipinski definition) is 4. The van der Waals surface area contributed by atoms with Gasteiger partial charge in [0.1, 0.15) is 0 Å². The van der Waals surface area contributed by atoms with Gasteiger partial charge in [0.05, 0.1) is 5.75 Å². The average molecular weight is 376 g/mol. The molecule has 5 nitrogen and oxygen atoms in total. The van der Waals surface area contributed by atoms with Gasteiger partial charge in [-0.2, -0.15) is 0 Å². The number of halogens is 1. The molecule has 0 bridgehead atoms. The molecule has 1 saturated heterocycles. The second kappa shape index (κ2) is 7.67. The number of piperidine rings is 1. The van der Waals surface area contributed by atoms with Crippen LogP contribution in [-0.4, -0.2) is 42.6 Å². The van der Waals surface area contributed by atoms with Crippen LogP contribution in [0.5, 0.6) is 0 Å². The van der Waals surface area contributed by atoms with E-state index >= 15 is 0 Å². The Morgan fingerprint density at radius 1 is 1.38 bits per heavy atom. The van der Waals surface area contributed by atoms with E-state index in [1.165, 1.54) is 0 Å². The van der Waals surface area contributed by atoms with Gasteiger partial charge in [0.25, 0.3) is 0 Å². The van der Waals surface area contributed by atoms with Gasteiger partial charge in [-0.15, -0.1) is 0 Å². The Bertz CT molecular complexity index is 557. The van der Waals surface area contributed by atoms with Crippen LogP contribution in [-0.2, 0) is 16.6 Å². The van der Waals surface area contributed by atoms with Crippen molar-refractivity contribution in [1.82, 2.24) is 14.6 Å². The molecule has 21 heavy (non-hydrogen) atoms. The lowest BCUT2D eigenvalue weighted by atomic mass is 10.1.